The molecule has 220 valence electrons. The van der Waals surface area contributed by atoms with E-state index in [1.165, 1.54) is 41.0 Å². The molecule has 3 aromatic heterocycles. The minimum absolute atomic E-state index is 0.0729. The van der Waals surface area contributed by atoms with E-state index in [2.05, 4.69) is 14.7 Å². The highest BCUT2D eigenvalue weighted by Crippen LogP contribution is 2.39. The van der Waals surface area contributed by atoms with Gasteiger partial charge in [0.05, 0.1) is 17.8 Å². The van der Waals surface area contributed by atoms with Crippen LogP contribution in [0.1, 0.15) is 24.6 Å². The third-order valence-electron chi connectivity index (χ3n) is 6.77. The Morgan fingerprint density at radius 2 is 2.05 bits per heavy atom. The lowest BCUT2D eigenvalue weighted by atomic mass is 10.2. The van der Waals surface area contributed by atoms with E-state index in [1.54, 1.807) is 30.0 Å². The lowest BCUT2D eigenvalue weighted by molar-refractivity contribution is -0.199. The number of thiophene rings is 1. The maximum Gasteiger partial charge on any atom is 0.493 e. The molecule has 41 heavy (non-hydrogen) atoms. The average Bonchev–Trinajstić information content (AvgIpc) is 3.74. The van der Waals surface area contributed by atoms with E-state index >= 15 is 0 Å². The second-order valence-corrected chi connectivity index (χ2v) is 13.4. The van der Waals surface area contributed by atoms with Gasteiger partial charge in [-0.2, -0.15) is 21.6 Å². The number of para-hydroxylation sites is 1. The molecule has 0 bridgehead atoms. The van der Waals surface area contributed by atoms with Gasteiger partial charge in [-0.05, 0) is 49.9 Å². The summed E-state index contributed by atoms with van der Waals surface area (Å²) in [6, 6.07) is 9.33. The molecule has 1 aromatic carbocycles. The monoisotopic (exact) mass is 628 g/mol. The minimum atomic E-state index is -5.41. The number of ether oxygens (including phenoxy) is 1. The molecule has 5 rings (SSSR count). The molecule has 0 unspecified atom stereocenters. The summed E-state index contributed by atoms with van der Waals surface area (Å²) in [5, 5.41) is 2.68. The molecule has 0 radical (unpaired) electrons. The van der Waals surface area contributed by atoms with Crippen molar-refractivity contribution in [2.45, 2.75) is 49.3 Å². The molecule has 0 N–H and O–H groups in total. The van der Waals surface area contributed by atoms with Crippen molar-refractivity contribution in [3.05, 3.63) is 52.9 Å². The number of thiazole rings is 1. The quantitative estimate of drug-likeness (QED) is 0.209. The number of hydrogen-bond donors (Lipinski definition) is 0. The van der Waals surface area contributed by atoms with E-state index in [-0.39, 0.29) is 19.9 Å². The summed E-state index contributed by atoms with van der Waals surface area (Å²) >= 11 is 2.29. The van der Waals surface area contributed by atoms with Gasteiger partial charge in [-0.3, -0.25) is 4.90 Å². The molecular weight excluding hydrogens is 602 g/mol. The van der Waals surface area contributed by atoms with Crippen LogP contribution in [0.2, 0.25) is 0 Å². The topological polar surface area (TPSA) is 94.0 Å². The molecule has 0 aliphatic carbocycles. The number of fused-ring (bicyclic) bond motifs is 1. The number of carbonyl (C=O) groups excluding carboxylic acids is 1. The Hall–Kier alpha value is -2.98. The van der Waals surface area contributed by atoms with Crippen LogP contribution in [0.15, 0.2) is 52.2 Å². The Morgan fingerprint density at radius 1 is 1.24 bits per heavy atom. The Labute approximate surface area is 242 Å². The van der Waals surface area contributed by atoms with Crippen molar-refractivity contribution in [2.75, 3.05) is 24.7 Å². The maximum absolute atomic E-state index is 13.5. The number of benzene rings is 1. The minimum Gasteiger partial charge on any atom is -0.383 e. The predicted molar refractivity (Wildman–Crippen MR) is 150 cm³/mol. The zero-order chi connectivity index (χ0) is 29.4. The van der Waals surface area contributed by atoms with Crippen LogP contribution in [0.3, 0.4) is 0 Å². The van der Waals surface area contributed by atoms with Gasteiger partial charge in [0.1, 0.15) is 14.9 Å². The van der Waals surface area contributed by atoms with E-state index in [0.29, 0.717) is 41.8 Å². The van der Waals surface area contributed by atoms with Gasteiger partial charge in [-0.1, -0.05) is 22.7 Å². The predicted octanol–water partition coefficient (Wildman–Crippen LogP) is 5.67. The number of halogens is 3. The Morgan fingerprint density at radius 3 is 2.73 bits per heavy atom. The number of anilines is 1. The second kappa shape index (κ2) is 11.7. The average molecular weight is 629 g/mol. The number of carbonyl (C=O) groups is 1. The van der Waals surface area contributed by atoms with E-state index in [1.807, 2.05) is 6.92 Å². The largest absolute Gasteiger partial charge is 0.493 e. The highest BCUT2D eigenvalue weighted by Gasteiger charge is 2.45. The van der Waals surface area contributed by atoms with Gasteiger partial charge in [-0.25, -0.2) is 9.78 Å². The molecule has 0 spiro atoms. The van der Waals surface area contributed by atoms with Crippen molar-refractivity contribution in [1.29, 1.82) is 0 Å². The molecule has 9 nitrogen and oxygen atoms in total. The van der Waals surface area contributed by atoms with Crippen LogP contribution in [0.4, 0.5) is 18.9 Å². The number of alkyl halides is 3. The number of aryl methyl sites for hydroxylation is 1. The molecule has 1 aliphatic rings. The van der Waals surface area contributed by atoms with Crippen LogP contribution < -0.4 is 4.47 Å². The zero-order valence-corrected chi connectivity index (χ0v) is 24.6. The van der Waals surface area contributed by atoms with E-state index in [9.17, 15) is 26.4 Å². The molecule has 1 atom stereocenters. The van der Waals surface area contributed by atoms with E-state index in [0.717, 1.165) is 35.6 Å². The number of aromatic nitrogens is 2. The first-order valence-electron chi connectivity index (χ1n) is 12.7. The molecule has 1 fully saturated rings. The summed E-state index contributed by atoms with van der Waals surface area (Å²) < 4.78 is 73.6. The molecule has 0 amide bonds. The lowest BCUT2D eigenvalue weighted by Gasteiger charge is -2.24. The van der Waals surface area contributed by atoms with Crippen LogP contribution in [-0.4, -0.2) is 61.3 Å². The summed E-state index contributed by atoms with van der Waals surface area (Å²) in [7, 11) is -3.00. The number of nitrogens with zero attached hydrogens (tertiary/aromatic N) is 4. The fourth-order valence-corrected chi connectivity index (χ4v) is 8.24. The molecule has 0 saturated carbocycles. The molecule has 15 heteroatoms. The van der Waals surface area contributed by atoms with Crippen LogP contribution in [0.5, 0.6) is 0 Å². The second-order valence-electron chi connectivity index (χ2n) is 9.38. The third-order valence-corrected chi connectivity index (χ3v) is 10.7. The van der Waals surface area contributed by atoms with Crippen LogP contribution in [0.25, 0.3) is 21.6 Å². The standard InChI is InChI=1S/C26H27F3N4O5S3/c1-3-32-21(24-30-14-19(40-24)15-31-11-5-8-18(31)16-37-2)13-17-7-4-9-20(23(17)32)33(38-25(34)26(27,28)29)41(35,36)22-10-6-12-39-22/h4,6-7,9-10,12-14,18H,3,5,8,11,15-16H2,1-2H3/t18-/m0/s1. The summed E-state index contributed by atoms with van der Waals surface area (Å²) in [6.45, 7) is 4.50. The first-order chi connectivity index (χ1) is 19.5. The van der Waals surface area contributed by atoms with Gasteiger partial charge in [0.2, 0.25) is 0 Å². The summed E-state index contributed by atoms with van der Waals surface area (Å²) in [5.41, 5.74) is 0.728. The summed E-state index contributed by atoms with van der Waals surface area (Å²) in [5.74, 6) is -2.65. The van der Waals surface area contributed by atoms with Crippen molar-refractivity contribution in [1.82, 2.24) is 14.5 Å². The fourth-order valence-electron chi connectivity index (χ4n) is 4.99. The number of likely N-dealkylation sites (tertiary alicyclic amines) is 1. The van der Waals surface area contributed by atoms with Crippen molar-refractivity contribution < 1.29 is 36.0 Å². The number of sulfonamides is 1. The van der Waals surface area contributed by atoms with Gasteiger partial charge in [0.15, 0.2) is 0 Å². The van der Waals surface area contributed by atoms with Gasteiger partial charge in [0, 0.05) is 42.7 Å². The van der Waals surface area contributed by atoms with Gasteiger partial charge < -0.3 is 14.1 Å². The normalized spacial score (nSPS) is 16.5. The van der Waals surface area contributed by atoms with Crippen LogP contribution in [0, 0.1) is 0 Å². The lowest BCUT2D eigenvalue weighted by Crippen LogP contribution is -2.38. The molecule has 1 saturated heterocycles. The SMILES string of the molecule is CCn1c(-c2ncc(CN3CCC[C@H]3COC)s2)cc2cccc(N(OC(=O)C(F)(F)F)S(=O)(=O)c3cccs3)c21. The van der Waals surface area contributed by atoms with Crippen molar-refractivity contribution in [2.24, 2.45) is 0 Å². The van der Waals surface area contributed by atoms with Gasteiger partial charge in [-0.15, -0.1) is 22.7 Å². The number of rotatable bonds is 10. The highest BCUT2D eigenvalue weighted by molar-refractivity contribution is 7.94. The van der Waals surface area contributed by atoms with Gasteiger partial charge >= 0.3 is 22.2 Å². The van der Waals surface area contributed by atoms with Crippen LogP contribution >= 0.6 is 22.7 Å². The molecular formula is C26H27F3N4O5S3. The number of hydrogen-bond acceptors (Lipinski definition) is 9. The van der Waals surface area contributed by atoms with Crippen LogP contribution in [-0.2, 0) is 37.5 Å². The van der Waals surface area contributed by atoms with Crippen molar-refractivity contribution >= 4 is 55.3 Å². The molecule has 4 heterocycles. The highest BCUT2D eigenvalue weighted by atomic mass is 32.2. The van der Waals surface area contributed by atoms with Crippen molar-refractivity contribution in [3.63, 3.8) is 0 Å². The maximum atomic E-state index is 13.5. The Balaban J connectivity index is 1.57. The summed E-state index contributed by atoms with van der Waals surface area (Å²) in [6.07, 6.45) is -1.45. The van der Waals surface area contributed by atoms with E-state index < -0.39 is 22.2 Å². The Kier molecular flexibility index (Phi) is 8.43. The third kappa shape index (κ3) is 5.86. The molecule has 1 aliphatic heterocycles. The van der Waals surface area contributed by atoms with Gasteiger partial charge in [0.25, 0.3) is 0 Å². The number of methoxy groups -OCH3 is 1. The smallest absolute Gasteiger partial charge is 0.383 e. The Bertz CT molecular complexity index is 1630. The fraction of sp³-hybridized carbons (Fsp3) is 0.385. The molecule has 4 aromatic rings. The zero-order valence-electron chi connectivity index (χ0n) is 22.1. The van der Waals surface area contributed by atoms with E-state index in [4.69, 9.17) is 4.74 Å². The summed E-state index contributed by atoms with van der Waals surface area (Å²) in [4.78, 5) is 24.5. The van der Waals surface area contributed by atoms with Crippen molar-refractivity contribution in [3.8, 4) is 10.7 Å². The first kappa shape index (κ1) is 29.5. The first-order valence-corrected chi connectivity index (χ1v) is 15.9.